The third kappa shape index (κ3) is 3.09. The molecule has 0 N–H and O–H groups in total. The highest BCUT2D eigenvalue weighted by molar-refractivity contribution is 5.14. The number of hydrogen-bond acceptors (Lipinski definition) is 2. The van der Waals surface area contributed by atoms with Gasteiger partial charge in [0, 0.05) is 32.3 Å². The molecule has 2 heterocycles. The standard InChI is InChI=1S/C14H25N3/c1-5-6-17-10-12(7-14(2,3)11-17)13-8-15-16(4)9-13/h8-9,12H,5-7,10-11H2,1-4H3/t12-/m1/s1. The van der Waals surface area contributed by atoms with Crippen LogP contribution in [0.1, 0.15) is 45.1 Å². The molecule has 3 nitrogen and oxygen atoms in total. The summed E-state index contributed by atoms with van der Waals surface area (Å²) >= 11 is 0. The van der Waals surface area contributed by atoms with Crippen LogP contribution in [0.25, 0.3) is 0 Å². The zero-order chi connectivity index (χ0) is 12.5. The van der Waals surface area contributed by atoms with E-state index in [2.05, 4.69) is 37.0 Å². The van der Waals surface area contributed by atoms with Crippen molar-refractivity contribution in [2.24, 2.45) is 12.5 Å². The molecule has 0 unspecified atom stereocenters. The average Bonchev–Trinajstić information content (AvgIpc) is 2.63. The fourth-order valence-corrected chi connectivity index (χ4v) is 3.14. The van der Waals surface area contributed by atoms with Crippen molar-refractivity contribution in [1.29, 1.82) is 0 Å². The largest absolute Gasteiger partial charge is 0.302 e. The van der Waals surface area contributed by atoms with Gasteiger partial charge in [-0.3, -0.25) is 4.68 Å². The van der Waals surface area contributed by atoms with E-state index in [0.717, 1.165) is 0 Å². The van der Waals surface area contributed by atoms with Gasteiger partial charge in [0.2, 0.25) is 0 Å². The summed E-state index contributed by atoms with van der Waals surface area (Å²) < 4.78 is 1.92. The predicted molar refractivity (Wildman–Crippen MR) is 71.1 cm³/mol. The second-order valence-electron chi connectivity index (χ2n) is 6.25. The van der Waals surface area contributed by atoms with E-state index in [-0.39, 0.29) is 0 Å². The normalized spacial score (nSPS) is 25.1. The number of nitrogens with zero attached hydrogens (tertiary/aromatic N) is 3. The number of aromatic nitrogens is 2. The molecule has 17 heavy (non-hydrogen) atoms. The van der Waals surface area contributed by atoms with Crippen molar-refractivity contribution in [2.75, 3.05) is 19.6 Å². The van der Waals surface area contributed by atoms with Gasteiger partial charge in [0.05, 0.1) is 6.20 Å². The lowest BCUT2D eigenvalue weighted by Crippen LogP contribution is -2.43. The van der Waals surface area contributed by atoms with E-state index < -0.39 is 0 Å². The van der Waals surface area contributed by atoms with Crippen LogP contribution in [0.15, 0.2) is 12.4 Å². The van der Waals surface area contributed by atoms with Gasteiger partial charge >= 0.3 is 0 Å². The number of rotatable bonds is 3. The Morgan fingerprint density at radius 2 is 2.24 bits per heavy atom. The average molecular weight is 235 g/mol. The van der Waals surface area contributed by atoms with Crippen molar-refractivity contribution in [3.8, 4) is 0 Å². The third-order valence-corrected chi connectivity index (χ3v) is 3.67. The molecule has 1 aromatic heterocycles. The van der Waals surface area contributed by atoms with Gasteiger partial charge in [-0.15, -0.1) is 0 Å². The summed E-state index contributed by atoms with van der Waals surface area (Å²) in [4.78, 5) is 2.61. The summed E-state index contributed by atoms with van der Waals surface area (Å²) in [5.74, 6) is 0.652. The van der Waals surface area contributed by atoms with Crippen LogP contribution in [0.4, 0.5) is 0 Å². The molecule has 1 saturated heterocycles. The van der Waals surface area contributed by atoms with Gasteiger partial charge in [0.1, 0.15) is 0 Å². The van der Waals surface area contributed by atoms with E-state index in [0.29, 0.717) is 11.3 Å². The molecule has 0 spiro atoms. The highest BCUT2D eigenvalue weighted by atomic mass is 15.2. The monoisotopic (exact) mass is 235 g/mol. The van der Waals surface area contributed by atoms with Gasteiger partial charge < -0.3 is 4.90 Å². The molecule has 0 amide bonds. The molecule has 3 heteroatoms. The van der Waals surface area contributed by atoms with Crippen LogP contribution in [-0.4, -0.2) is 34.3 Å². The molecule has 0 aliphatic carbocycles. The molecule has 0 saturated carbocycles. The van der Waals surface area contributed by atoms with E-state index in [9.17, 15) is 0 Å². The van der Waals surface area contributed by atoms with Crippen LogP contribution in [0.3, 0.4) is 0 Å². The van der Waals surface area contributed by atoms with Crippen LogP contribution in [-0.2, 0) is 7.05 Å². The summed E-state index contributed by atoms with van der Waals surface area (Å²) in [6.45, 7) is 10.7. The van der Waals surface area contributed by atoms with Crippen LogP contribution in [0.2, 0.25) is 0 Å². The van der Waals surface area contributed by atoms with E-state index in [4.69, 9.17) is 0 Å². The summed E-state index contributed by atoms with van der Waals surface area (Å²) in [5.41, 5.74) is 1.83. The second kappa shape index (κ2) is 4.81. The number of piperidine rings is 1. The minimum absolute atomic E-state index is 0.425. The van der Waals surface area contributed by atoms with Gasteiger partial charge in [-0.1, -0.05) is 20.8 Å². The lowest BCUT2D eigenvalue weighted by molar-refractivity contribution is 0.100. The highest BCUT2D eigenvalue weighted by Crippen LogP contribution is 2.37. The van der Waals surface area contributed by atoms with Crippen LogP contribution < -0.4 is 0 Å². The molecule has 0 radical (unpaired) electrons. The van der Waals surface area contributed by atoms with Crippen molar-refractivity contribution in [3.63, 3.8) is 0 Å². The van der Waals surface area contributed by atoms with Gasteiger partial charge in [-0.25, -0.2) is 0 Å². The quantitative estimate of drug-likeness (QED) is 0.803. The highest BCUT2D eigenvalue weighted by Gasteiger charge is 2.33. The molecule has 1 aliphatic rings. The first-order chi connectivity index (χ1) is 8.00. The fourth-order valence-electron chi connectivity index (χ4n) is 3.14. The molecule has 0 bridgehead atoms. The van der Waals surface area contributed by atoms with Crippen molar-refractivity contribution in [1.82, 2.24) is 14.7 Å². The Bertz CT molecular complexity index is 367. The van der Waals surface area contributed by atoms with Crippen LogP contribution in [0, 0.1) is 5.41 Å². The van der Waals surface area contributed by atoms with E-state index in [1.807, 2.05) is 17.9 Å². The Morgan fingerprint density at radius 3 is 2.82 bits per heavy atom. The predicted octanol–water partition coefficient (Wildman–Crippen LogP) is 2.65. The van der Waals surface area contributed by atoms with Crippen molar-refractivity contribution in [2.45, 2.75) is 39.5 Å². The van der Waals surface area contributed by atoms with Gasteiger partial charge in [-0.2, -0.15) is 5.10 Å². The SMILES string of the molecule is CCCN1C[C@H](c2cnn(C)c2)CC(C)(C)C1. The molecule has 0 aromatic carbocycles. The summed E-state index contributed by atoms with van der Waals surface area (Å²) in [7, 11) is 2.00. The van der Waals surface area contributed by atoms with Crippen molar-refractivity contribution < 1.29 is 0 Å². The number of likely N-dealkylation sites (tertiary alicyclic amines) is 1. The van der Waals surface area contributed by atoms with Crippen molar-refractivity contribution in [3.05, 3.63) is 18.0 Å². The first-order valence-electron chi connectivity index (χ1n) is 6.71. The molecule has 2 rings (SSSR count). The second-order valence-corrected chi connectivity index (χ2v) is 6.25. The Labute approximate surface area is 105 Å². The Morgan fingerprint density at radius 1 is 1.47 bits per heavy atom. The minimum Gasteiger partial charge on any atom is -0.302 e. The zero-order valence-electron chi connectivity index (χ0n) is 11.6. The Balaban J connectivity index is 2.12. The van der Waals surface area contributed by atoms with Crippen molar-refractivity contribution >= 4 is 0 Å². The third-order valence-electron chi connectivity index (χ3n) is 3.67. The van der Waals surface area contributed by atoms with Gasteiger partial charge in [0.25, 0.3) is 0 Å². The van der Waals surface area contributed by atoms with E-state index in [1.54, 1.807) is 0 Å². The molecule has 96 valence electrons. The minimum atomic E-state index is 0.425. The number of aryl methyl sites for hydroxylation is 1. The maximum absolute atomic E-state index is 4.31. The van der Waals surface area contributed by atoms with Gasteiger partial charge in [-0.05, 0) is 30.4 Å². The topological polar surface area (TPSA) is 21.1 Å². The summed E-state index contributed by atoms with van der Waals surface area (Å²) in [5, 5.41) is 4.31. The van der Waals surface area contributed by atoms with E-state index >= 15 is 0 Å². The molecular formula is C14H25N3. The van der Waals surface area contributed by atoms with Gasteiger partial charge in [0.15, 0.2) is 0 Å². The Kier molecular flexibility index (Phi) is 3.57. The van der Waals surface area contributed by atoms with Crippen LogP contribution in [0.5, 0.6) is 0 Å². The number of hydrogen-bond donors (Lipinski definition) is 0. The molecular weight excluding hydrogens is 210 g/mol. The lowest BCUT2D eigenvalue weighted by atomic mass is 9.76. The smallest absolute Gasteiger partial charge is 0.0524 e. The zero-order valence-corrected chi connectivity index (χ0v) is 11.6. The molecule has 1 fully saturated rings. The van der Waals surface area contributed by atoms with Crippen LogP contribution >= 0.6 is 0 Å². The fraction of sp³-hybridized carbons (Fsp3) is 0.786. The summed E-state index contributed by atoms with van der Waals surface area (Å²) in [6.07, 6.45) is 6.74. The first-order valence-corrected chi connectivity index (χ1v) is 6.71. The molecule has 1 atom stereocenters. The Hall–Kier alpha value is -0.830. The first kappa shape index (κ1) is 12.6. The van der Waals surface area contributed by atoms with E-state index in [1.165, 1.54) is 38.0 Å². The maximum atomic E-state index is 4.31. The molecule has 1 aromatic rings. The molecule has 1 aliphatic heterocycles. The lowest BCUT2D eigenvalue weighted by Gasteiger charge is -2.42. The maximum Gasteiger partial charge on any atom is 0.0524 e. The summed E-state index contributed by atoms with van der Waals surface area (Å²) in [6, 6.07) is 0.